The number of fused-ring (bicyclic) bond motifs is 2. The average molecular weight is 406 g/mol. The van der Waals surface area contributed by atoms with Crippen molar-refractivity contribution < 1.29 is 8.78 Å². The Morgan fingerprint density at radius 3 is 2.47 bits per heavy atom. The second-order valence-electron chi connectivity index (χ2n) is 7.48. The van der Waals surface area contributed by atoms with Crippen molar-refractivity contribution in [2.45, 2.75) is 18.9 Å². The number of halogens is 2. The van der Waals surface area contributed by atoms with Crippen molar-refractivity contribution in [2.24, 2.45) is 0 Å². The number of pyridine rings is 3. The van der Waals surface area contributed by atoms with Gasteiger partial charge < -0.3 is 15.1 Å². The van der Waals surface area contributed by atoms with Crippen LogP contribution in [-0.4, -0.2) is 34.1 Å². The van der Waals surface area contributed by atoms with E-state index in [4.69, 9.17) is 4.98 Å². The molecule has 2 bridgehead atoms. The van der Waals surface area contributed by atoms with Crippen LogP contribution < -0.4 is 15.1 Å². The highest BCUT2D eigenvalue weighted by molar-refractivity contribution is 5.76. The van der Waals surface area contributed by atoms with E-state index >= 15 is 0 Å². The van der Waals surface area contributed by atoms with Crippen LogP contribution in [0.3, 0.4) is 0 Å². The van der Waals surface area contributed by atoms with Gasteiger partial charge in [0.1, 0.15) is 17.5 Å². The smallest absolute Gasteiger partial charge is 0.158 e. The van der Waals surface area contributed by atoms with E-state index in [1.54, 1.807) is 12.4 Å². The first-order chi connectivity index (χ1) is 14.6. The maximum Gasteiger partial charge on any atom is 0.158 e. The Kier molecular flexibility index (Phi) is 4.54. The number of rotatable bonds is 4. The van der Waals surface area contributed by atoms with Gasteiger partial charge in [-0.1, -0.05) is 6.58 Å². The van der Waals surface area contributed by atoms with Gasteiger partial charge in [0.05, 0.1) is 35.7 Å². The van der Waals surface area contributed by atoms with Gasteiger partial charge in [0, 0.05) is 37.0 Å². The van der Waals surface area contributed by atoms with Gasteiger partial charge in [-0.3, -0.25) is 9.97 Å². The summed E-state index contributed by atoms with van der Waals surface area (Å²) in [4.78, 5) is 17.1. The van der Waals surface area contributed by atoms with E-state index in [-0.39, 0.29) is 6.04 Å². The maximum absolute atomic E-state index is 13.7. The van der Waals surface area contributed by atoms with Gasteiger partial charge in [-0.2, -0.15) is 0 Å². The molecule has 0 radical (unpaired) electrons. The number of nitrogens with one attached hydrogen (secondary N) is 1. The predicted octanol–water partition coefficient (Wildman–Crippen LogP) is 4.19. The first-order valence-corrected chi connectivity index (χ1v) is 9.81. The topological polar surface area (TPSA) is 57.2 Å². The summed E-state index contributed by atoms with van der Waals surface area (Å²) in [7, 11) is 0. The van der Waals surface area contributed by atoms with Crippen LogP contribution in [0.15, 0.2) is 61.5 Å². The highest BCUT2D eigenvalue weighted by atomic mass is 19.1. The van der Waals surface area contributed by atoms with Gasteiger partial charge >= 0.3 is 0 Å². The third-order valence-corrected chi connectivity index (χ3v) is 5.54. The van der Waals surface area contributed by atoms with Crippen molar-refractivity contribution in [1.29, 1.82) is 0 Å². The van der Waals surface area contributed by atoms with Crippen LogP contribution in [0.1, 0.15) is 12.8 Å². The fraction of sp³-hybridized carbons (Fsp3) is 0.227. The molecule has 6 rings (SSSR count). The second-order valence-corrected chi connectivity index (χ2v) is 7.48. The highest BCUT2D eigenvalue weighted by Crippen LogP contribution is 2.40. The summed E-state index contributed by atoms with van der Waals surface area (Å²) in [5.41, 5.74) is 2.76. The quantitative estimate of drug-likeness (QED) is 0.701. The predicted molar refractivity (Wildman–Crippen MR) is 112 cm³/mol. The maximum atomic E-state index is 13.7. The SMILES string of the molecule is C=C(Nc1cncc(F)c1)N1c2nc(-c3cncc(F)c3)ccc2N2CCC1CC2. The average Bonchev–Trinajstić information content (AvgIpc) is 2.99. The van der Waals surface area contributed by atoms with Gasteiger partial charge in [-0.25, -0.2) is 13.8 Å². The van der Waals surface area contributed by atoms with Crippen LogP contribution in [-0.2, 0) is 0 Å². The molecular weight excluding hydrogens is 386 g/mol. The second kappa shape index (κ2) is 7.37. The third kappa shape index (κ3) is 3.34. The molecule has 1 saturated heterocycles. The summed E-state index contributed by atoms with van der Waals surface area (Å²) in [5.74, 6) is 0.516. The Balaban J connectivity index is 1.56. The first kappa shape index (κ1) is 18.5. The molecule has 8 heteroatoms. The van der Waals surface area contributed by atoms with Gasteiger partial charge in [0.15, 0.2) is 5.82 Å². The lowest BCUT2D eigenvalue weighted by molar-refractivity contribution is 0.500. The largest absolute Gasteiger partial charge is 0.368 e. The number of hydrogen-bond donors (Lipinski definition) is 1. The molecule has 0 unspecified atom stereocenters. The molecule has 1 N–H and O–H groups in total. The van der Waals surface area contributed by atoms with Crippen molar-refractivity contribution >= 4 is 17.2 Å². The molecule has 6 nitrogen and oxygen atoms in total. The lowest BCUT2D eigenvalue weighted by atomic mass is 10.1. The molecule has 0 aromatic carbocycles. The zero-order chi connectivity index (χ0) is 20.7. The lowest BCUT2D eigenvalue weighted by Gasteiger charge is -2.34. The molecule has 3 aromatic heterocycles. The van der Waals surface area contributed by atoms with Crippen LogP contribution in [0.2, 0.25) is 0 Å². The van der Waals surface area contributed by atoms with Crippen molar-refractivity contribution in [3.8, 4) is 11.3 Å². The Bertz CT molecular complexity index is 1110. The van der Waals surface area contributed by atoms with E-state index in [2.05, 4.69) is 31.7 Å². The molecular formula is C22H20F2N6. The van der Waals surface area contributed by atoms with Crippen LogP contribution in [0.5, 0.6) is 0 Å². The van der Waals surface area contributed by atoms with E-state index in [0.29, 0.717) is 22.8 Å². The van der Waals surface area contributed by atoms with Crippen LogP contribution in [0.25, 0.3) is 11.3 Å². The zero-order valence-corrected chi connectivity index (χ0v) is 16.2. The summed E-state index contributed by atoms with van der Waals surface area (Å²) in [5, 5.41) is 3.17. The molecule has 0 spiro atoms. The lowest BCUT2D eigenvalue weighted by Crippen LogP contribution is -2.41. The monoisotopic (exact) mass is 406 g/mol. The molecule has 6 heterocycles. The van der Waals surface area contributed by atoms with Crippen molar-refractivity contribution in [3.05, 3.63) is 73.1 Å². The summed E-state index contributed by atoms with van der Waals surface area (Å²) < 4.78 is 27.3. The molecule has 0 saturated carbocycles. The molecule has 1 fully saturated rings. The zero-order valence-electron chi connectivity index (χ0n) is 16.2. The van der Waals surface area contributed by atoms with Gasteiger partial charge in [0.2, 0.25) is 0 Å². The van der Waals surface area contributed by atoms with Gasteiger partial charge in [-0.05, 0) is 31.0 Å². The summed E-state index contributed by atoms with van der Waals surface area (Å²) in [6.07, 6.45) is 7.38. The van der Waals surface area contributed by atoms with Crippen LogP contribution >= 0.6 is 0 Å². The summed E-state index contributed by atoms with van der Waals surface area (Å²) >= 11 is 0. The molecule has 3 aliphatic heterocycles. The Hall–Kier alpha value is -3.55. The molecule has 0 aliphatic carbocycles. The van der Waals surface area contributed by atoms with Crippen LogP contribution in [0, 0.1) is 11.6 Å². The van der Waals surface area contributed by atoms with E-state index in [9.17, 15) is 8.78 Å². The number of anilines is 3. The normalized spacial score (nSPS) is 15.7. The Morgan fingerprint density at radius 2 is 1.73 bits per heavy atom. The molecule has 152 valence electrons. The fourth-order valence-corrected chi connectivity index (χ4v) is 4.17. The van der Waals surface area contributed by atoms with Crippen molar-refractivity contribution in [2.75, 3.05) is 28.2 Å². The standard InChI is InChI=1S/C22H20F2N6/c1-14(27-18-9-17(24)12-26-13-18)30-19-4-6-29(7-5-19)21-3-2-20(28-22(21)30)15-8-16(23)11-25-10-15/h2-3,8-13,19,27H,1,4-7H2. The Labute approximate surface area is 172 Å². The van der Waals surface area contributed by atoms with Crippen molar-refractivity contribution in [1.82, 2.24) is 15.0 Å². The van der Waals surface area contributed by atoms with Gasteiger partial charge in [0.25, 0.3) is 0 Å². The molecule has 3 aliphatic rings. The van der Waals surface area contributed by atoms with E-state index < -0.39 is 11.6 Å². The summed E-state index contributed by atoms with van der Waals surface area (Å²) in [6, 6.07) is 6.90. The number of hydrogen-bond acceptors (Lipinski definition) is 6. The van der Waals surface area contributed by atoms with Crippen molar-refractivity contribution in [3.63, 3.8) is 0 Å². The van der Waals surface area contributed by atoms with E-state index in [1.165, 1.54) is 18.3 Å². The minimum absolute atomic E-state index is 0.206. The molecule has 3 aromatic rings. The Morgan fingerprint density at radius 1 is 1.00 bits per heavy atom. The first-order valence-electron chi connectivity index (χ1n) is 9.81. The highest BCUT2D eigenvalue weighted by Gasteiger charge is 2.35. The summed E-state index contributed by atoms with van der Waals surface area (Å²) in [6.45, 7) is 6.06. The number of nitrogens with zero attached hydrogens (tertiary/aromatic N) is 5. The van der Waals surface area contributed by atoms with E-state index in [1.807, 2.05) is 12.1 Å². The van der Waals surface area contributed by atoms with Gasteiger partial charge in [-0.15, -0.1) is 0 Å². The molecule has 30 heavy (non-hydrogen) atoms. The molecule has 0 atom stereocenters. The number of piperidine rings is 1. The minimum Gasteiger partial charge on any atom is -0.368 e. The fourth-order valence-electron chi connectivity index (χ4n) is 4.17. The van der Waals surface area contributed by atoms with E-state index in [0.717, 1.165) is 43.6 Å². The minimum atomic E-state index is -0.421. The third-order valence-electron chi connectivity index (χ3n) is 5.54. The molecule has 0 amide bonds. The number of aromatic nitrogens is 3. The van der Waals surface area contributed by atoms with Crippen LogP contribution in [0.4, 0.5) is 26.0 Å².